The highest BCUT2D eigenvalue weighted by atomic mass is 16.3. The van der Waals surface area contributed by atoms with Crippen LogP contribution in [-0.4, -0.2) is 94.9 Å². The van der Waals surface area contributed by atoms with Gasteiger partial charge in [0.05, 0.1) is 12.6 Å². The first-order valence-electron chi connectivity index (χ1n) is 16.2. The highest BCUT2D eigenvalue weighted by molar-refractivity contribution is 5.96. The fraction of sp³-hybridized carbons (Fsp3) is 0.606. The Morgan fingerprint density at radius 2 is 1.50 bits per heavy atom. The fourth-order valence-corrected chi connectivity index (χ4v) is 5.68. The van der Waals surface area contributed by atoms with Crippen LogP contribution in [0.5, 0.6) is 0 Å². The van der Waals surface area contributed by atoms with Crippen LogP contribution in [0, 0.1) is 11.8 Å². The number of rotatable bonds is 7. The Hall–Kier alpha value is -3.97. The quantitative estimate of drug-likeness (QED) is 0.231. The number of aliphatic hydroxyl groups is 1. The number of likely N-dealkylation sites (N-methyl/N-ethyl adjacent to an activating group) is 1. The zero-order valence-corrected chi connectivity index (χ0v) is 27.6. The smallest absolute Gasteiger partial charge is 0.245 e. The number of carbonyl (C=O) groups is 5. The number of carbonyl (C=O) groups excluding carboxylic acids is 5. The van der Waals surface area contributed by atoms with E-state index in [4.69, 9.17) is 5.73 Å². The number of aromatic nitrogens is 1. The molecule has 13 heteroatoms. The maximum atomic E-state index is 14.0. The van der Waals surface area contributed by atoms with E-state index in [0.717, 1.165) is 16.5 Å². The van der Waals surface area contributed by atoms with Crippen LogP contribution in [0.2, 0.25) is 0 Å². The van der Waals surface area contributed by atoms with Crippen molar-refractivity contribution in [3.05, 3.63) is 36.0 Å². The number of aromatic amines is 1. The van der Waals surface area contributed by atoms with Gasteiger partial charge in [0.2, 0.25) is 29.5 Å². The Morgan fingerprint density at radius 1 is 0.848 bits per heavy atom. The number of hydrogen-bond donors (Lipinski definition) is 7. The highest BCUT2D eigenvalue weighted by Crippen LogP contribution is 2.20. The second kappa shape index (κ2) is 17.1. The maximum Gasteiger partial charge on any atom is 0.245 e. The van der Waals surface area contributed by atoms with Crippen LogP contribution in [-0.2, 0) is 30.4 Å². The molecular weight excluding hydrogens is 590 g/mol. The Balaban J connectivity index is 1.98. The van der Waals surface area contributed by atoms with E-state index in [1.807, 2.05) is 58.2 Å². The van der Waals surface area contributed by atoms with Crippen molar-refractivity contribution < 1.29 is 29.1 Å². The number of benzene rings is 1. The minimum Gasteiger partial charge on any atom is -0.394 e. The van der Waals surface area contributed by atoms with Gasteiger partial charge in [-0.1, -0.05) is 45.9 Å². The van der Waals surface area contributed by atoms with Gasteiger partial charge in [0.15, 0.2) is 0 Å². The SMILES string of the molecule is CC(C)C[C@@H]1NC(=O)[C@H](CO)NC(=O)[C@H](N)CCCCNC(=O)[C@H](Cc2c[nH]c3ccccc23)NC(=O)[C@H](CC(C)C)N(C)C1=O. The Bertz CT molecular complexity index is 1360. The van der Waals surface area contributed by atoms with Crippen molar-refractivity contribution in [1.29, 1.82) is 0 Å². The molecule has 0 unspecified atom stereocenters. The van der Waals surface area contributed by atoms with E-state index in [2.05, 4.69) is 26.3 Å². The van der Waals surface area contributed by atoms with Crippen LogP contribution in [0.15, 0.2) is 30.5 Å². The number of aliphatic hydroxyl groups excluding tert-OH is 1. The number of amides is 5. The van der Waals surface area contributed by atoms with E-state index >= 15 is 0 Å². The van der Waals surface area contributed by atoms with Gasteiger partial charge in [-0.2, -0.15) is 0 Å². The van der Waals surface area contributed by atoms with Crippen LogP contribution in [0.4, 0.5) is 0 Å². The van der Waals surface area contributed by atoms with E-state index in [0.29, 0.717) is 25.8 Å². The van der Waals surface area contributed by atoms with Crippen LogP contribution < -0.4 is 27.0 Å². The lowest BCUT2D eigenvalue weighted by atomic mass is 9.97. The molecule has 0 spiro atoms. The molecule has 46 heavy (non-hydrogen) atoms. The third-order valence-electron chi connectivity index (χ3n) is 8.26. The van der Waals surface area contributed by atoms with Gasteiger partial charge in [-0.15, -0.1) is 0 Å². The van der Waals surface area contributed by atoms with Crippen molar-refractivity contribution in [1.82, 2.24) is 31.2 Å². The zero-order chi connectivity index (χ0) is 34.0. The van der Waals surface area contributed by atoms with Crippen LogP contribution in [0.1, 0.15) is 65.4 Å². The summed E-state index contributed by atoms with van der Waals surface area (Å²) >= 11 is 0. The van der Waals surface area contributed by atoms with E-state index in [1.165, 1.54) is 11.9 Å². The monoisotopic (exact) mass is 641 g/mol. The van der Waals surface area contributed by atoms with Crippen molar-refractivity contribution >= 4 is 40.4 Å². The van der Waals surface area contributed by atoms with E-state index < -0.39 is 60.4 Å². The minimum absolute atomic E-state index is 0.0125. The topological polar surface area (TPSA) is 199 Å². The number of nitrogens with one attached hydrogen (secondary N) is 5. The lowest BCUT2D eigenvalue weighted by Crippen LogP contribution is -2.60. The molecule has 0 radical (unpaired) electrons. The average molecular weight is 642 g/mol. The molecule has 1 fully saturated rings. The fourth-order valence-electron chi connectivity index (χ4n) is 5.68. The van der Waals surface area contributed by atoms with Crippen LogP contribution in [0.25, 0.3) is 10.9 Å². The van der Waals surface area contributed by atoms with Gasteiger partial charge in [-0.25, -0.2) is 0 Å². The van der Waals surface area contributed by atoms with Crippen molar-refractivity contribution in [2.24, 2.45) is 17.6 Å². The average Bonchev–Trinajstić information content (AvgIpc) is 3.42. The Morgan fingerprint density at radius 3 is 2.17 bits per heavy atom. The molecule has 2 heterocycles. The largest absolute Gasteiger partial charge is 0.394 e. The molecule has 5 amide bonds. The number of nitrogens with two attached hydrogens (primary N) is 1. The molecule has 1 aliphatic rings. The molecule has 8 N–H and O–H groups in total. The summed E-state index contributed by atoms with van der Waals surface area (Å²) in [5.41, 5.74) is 7.83. The van der Waals surface area contributed by atoms with E-state index in [9.17, 15) is 29.1 Å². The van der Waals surface area contributed by atoms with Crippen LogP contribution >= 0.6 is 0 Å². The van der Waals surface area contributed by atoms with Crippen molar-refractivity contribution in [3.63, 3.8) is 0 Å². The van der Waals surface area contributed by atoms with Crippen molar-refractivity contribution in [2.75, 3.05) is 20.2 Å². The maximum absolute atomic E-state index is 14.0. The van der Waals surface area contributed by atoms with Gasteiger partial charge in [-0.05, 0) is 55.6 Å². The first-order chi connectivity index (χ1) is 21.8. The van der Waals surface area contributed by atoms with E-state index in [1.54, 1.807) is 0 Å². The lowest BCUT2D eigenvalue weighted by Gasteiger charge is -2.33. The molecule has 5 atom stereocenters. The standard InChI is InChI=1S/C33H51N7O6/c1-19(2)14-26-33(46)40(5)28(15-20(3)4)32(45)37-25(16-21-17-36-24-12-7-6-10-22(21)24)30(43)35-13-9-8-11-23(34)29(42)39-27(18-41)31(44)38-26/h6-7,10,12,17,19-20,23,25-28,36,41H,8-9,11,13-16,18,34H2,1-5H3,(H,35,43)(H,37,45)(H,38,44)(H,39,42)/t23-,25+,26+,27+,28+/m1/s1. The predicted octanol–water partition coefficient (Wildman–Crippen LogP) is 0.704. The molecule has 1 aliphatic heterocycles. The highest BCUT2D eigenvalue weighted by Gasteiger charge is 2.36. The molecular formula is C33H51N7O6. The number of H-pyrrole nitrogens is 1. The van der Waals surface area contributed by atoms with Crippen molar-refractivity contribution in [3.8, 4) is 0 Å². The van der Waals surface area contributed by atoms with Gasteiger partial charge in [0, 0.05) is 37.1 Å². The normalized spacial score (nSPS) is 25.0. The third-order valence-corrected chi connectivity index (χ3v) is 8.26. The predicted molar refractivity (Wildman–Crippen MR) is 175 cm³/mol. The number of hydrogen-bond acceptors (Lipinski definition) is 7. The number of para-hydroxylation sites is 1. The summed E-state index contributed by atoms with van der Waals surface area (Å²) in [6, 6.07) is 2.54. The molecule has 1 aromatic carbocycles. The molecule has 0 bridgehead atoms. The Kier molecular flexibility index (Phi) is 13.6. The molecule has 3 rings (SSSR count). The summed E-state index contributed by atoms with van der Waals surface area (Å²) in [7, 11) is 1.51. The minimum atomic E-state index is -1.31. The third kappa shape index (κ3) is 10.0. The summed E-state index contributed by atoms with van der Waals surface area (Å²) in [5.74, 6) is -2.68. The number of nitrogens with zero attached hydrogens (tertiary/aromatic N) is 1. The second-order valence-corrected chi connectivity index (χ2v) is 13.0. The summed E-state index contributed by atoms with van der Waals surface area (Å²) in [6.07, 6.45) is 3.92. The first kappa shape index (κ1) is 36.5. The van der Waals surface area contributed by atoms with Crippen molar-refractivity contribution in [2.45, 2.75) is 96.4 Å². The lowest BCUT2D eigenvalue weighted by molar-refractivity contribution is -0.143. The van der Waals surface area contributed by atoms with Crippen LogP contribution in [0.3, 0.4) is 0 Å². The van der Waals surface area contributed by atoms with Gasteiger partial charge in [0.25, 0.3) is 0 Å². The van der Waals surface area contributed by atoms with Gasteiger partial charge in [0.1, 0.15) is 24.2 Å². The first-order valence-corrected chi connectivity index (χ1v) is 16.2. The molecule has 0 aliphatic carbocycles. The molecule has 2 aromatic rings. The van der Waals surface area contributed by atoms with Gasteiger partial charge in [-0.3, -0.25) is 24.0 Å². The van der Waals surface area contributed by atoms with Gasteiger partial charge < -0.3 is 42.0 Å². The number of fused-ring (bicyclic) bond motifs is 1. The second-order valence-electron chi connectivity index (χ2n) is 13.0. The molecule has 1 saturated heterocycles. The summed E-state index contributed by atoms with van der Waals surface area (Å²) in [5, 5.41) is 21.8. The van der Waals surface area contributed by atoms with E-state index in [-0.39, 0.29) is 37.0 Å². The molecule has 13 nitrogen and oxygen atoms in total. The molecule has 254 valence electrons. The molecule has 1 aromatic heterocycles. The molecule has 0 saturated carbocycles. The summed E-state index contributed by atoms with van der Waals surface area (Å²) < 4.78 is 0. The summed E-state index contributed by atoms with van der Waals surface area (Å²) in [6.45, 7) is 7.26. The zero-order valence-electron chi connectivity index (χ0n) is 27.6. The Labute approximate surface area is 270 Å². The van der Waals surface area contributed by atoms with Gasteiger partial charge >= 0.3 is 0 Å². The summed E-state index contributed by atoms with van der Waals surface area (Å²) in [4.78, 5) is 72.0.